The Labute approximate surface area is 168 Å². The molecule has 1 amide bonds. The van der Waals surface area contributed by atoms with Crippen LogP contribution in [0.2, 0.25) is 0 Å². The van der Waals surface area contributed by atoms with E-state index in [1.807, 2.05) is 24.3 Å². The molecule has 6 nitrogen and oxygen atoms in total. The maximum Gasteiger partial charge on any atom is 0.272 e. The highest BCUT2D eigenvalue weighted by Gasteiger charge is 2.20. The molecule has 0 bridgehead atoms. The van der Waals surface area contributed by atoms with E-state index in [-0.39, 0.29) is 36.1 Å². The molecular weight excluding hydrogens is 366 g/mol. The lowest BCUT2D eigenvalue weighted by atomic mass is 9.98. The van der Waals surface area contributed by atoms with Crippen molar-refractivity contribution in [2.75, 3.05) is 0 Å². The van der Waals surface area contributed by atoms with Crippen LogP contribution in [0, 0.1) is 0 Å². The monoisotopic (exact) mass is 389 g/mol. The van der Waals surface area contributed by atoms with Crippen molar-refractivity contribution in [1.29, 1.82) is 0 Å². The van der Waals surface area contributed by atoms with Crippen LogP contribution in [0.4, 0.5) is 0 Å². The van der Waals surface area contributed by atoms with Gasteiger partial charge in [-0.05, 0) is 30.5 Å². The Hall–Kier alpha value is -3.28. The number of Topliss-reactive ketones (excluding diaryl/α,β-unsaturated/α-hetero) is 1. The van der Waals surface area contributed by atoms with Gasteiger partial charge in [-0.15, -0.1) is 0 Å². The molecule has 3 aromatic rings. The first kappa shape index (κ1) is 19.1. The molecule has 1 heterocycles. The Kier molecular flexibility index (Phi) is 5.51. The van der Waals surface area contributed by atoms with Crippen molar-refractivity contribution in [3.63, 3.8) is 0 Å². The maximum absolute atomic E-state index is 12.8. The molecule has 1 aliphatic rings. The van der Waals surface area contributed by atoms with E-state index >= 15 is 0 Å². The van der Waals surface area contributed by atoms with E-state index in [0.29, 0.717) is 27.6 Å². The number of H-pyrrole nitrogens is 1. The fourth-order valence-electron chi connectivity index (χ4n) is 4.00. The molecule has 2 aromatic carbocycles. The standard InChI is InChI=1S/C23H23N3O3/c27-17(14-21-19-11-5-6-12-20(19)23(29)26-25-21)13-15-7-1-4-10-18(15)22(28)24-16-8-2-3-9-16/h1,4-7,10-12,16H,2-3,8-9,13-14H2,(H,24,28)(H,26,29). The lowest BCUT2D eigenvalue weighted by molar-refractivity contribution is -0.117. The molecule has 0 atom stereocenters. The van der Waals surface area contributed by atoms with Crippen LogP contribution < -0.4 is 10.9 Å². The minimum atomic E-state index is -0.272. The van der Waals surface area contributed by atoms with Crippen molar-refractivity contribution in [3.05, 3.63) is 75.7 Å². The lowest BCUT2D eigenvalue weighted by Crippen LogP contribution is -2.33. The maximum atomic E-state index is 12.8. The van der Waals surface area contributed by atoms with Crippen molar-refractivity contribution in [2.45, 2.75) is 44.6 Å². The van der Waals surface area contributed by atoms with Crippen LogP contribution in [0.15, 0.2) is 53.3 Å². The quantitative estimate of drug-likeness (QED) is 0.678. The number of nitrogens with zero attached hydrogens (tertiary/aromatic N) is 1. The Bertz CT molecular complexity index is 1110. The van der Waals surface area contributed by atoms with Gasteiger partial charge in [0.25, 0.3) is 11.5 Å². The molecule has 0 unspecified atom stereocenters. The third kappa shape index (κ3) is 4.26. The summed E-state index contributed by atoms with van der Waals surface area (Å²) in [6.45, 7) is 0. The van der Waals surface area contributed by atoms with Gasteiger partial charge in [0.15, 0.2) is 0 Å². The number of rotatable bonds is 6. The van der Waals surface area contributed by atoms with Crippen LogP contribution in [-0.2, 0) is 17.6 Å². The number of nitrogens with one attached hydrogen (secondary N) is 2. The third-order valence-corrected chi connectivity index (χ3v) is 5.48. The fourth-order valence-corrected chi connectivity index (χ4v) is 4.00. The average molecular weight is 389 g/mol. The van der Waals surface area contributed by atoms with Gasteiger partial charge in [0, 0.05) is 23.4 Å². The molecule has 0 spiro atoms. The smallest absolute Gasteiger partial charge is 0.272 e. The summed E-state index contributed by atoms with van der Waals surface area (Å²) in [5.41, 5.74) is 1.53. The van der Waals surface area contributed by atoms with Gasteiger partial charge >= 0.3 is 0 Å². The van der Waals surface area contributed by atoms with Gasteiger partial charge in [-0.2, -0.15) is 5.10 Å². The van der Waals surface area contributed by atoms with Crippen molar-refractivity contribution < 1.29 is 9.59 Å². The zero-order chi connectivity index (χ0) is 20.2. The van der Waals surface area contributed by atoms with E-state index in [1.54, 1.807) is 24.3 Å². The first-order valence-corrected chi connectivity index (χ1v) is 9.98. The summed E-state index contributed by atoms with van der Waals surface area (Å²) in [5, 5.41) is 10.8. The second-order valence-electron chi connectivity index (χ2n) is 7.55. The van der Waals surface area contributed by atoms with Crippen LogP contribution in [0.3, 0.4) is 0 Å². The lowest BCUT2D eigenvalue weighted by Gasteiger charge is -2.14. The zero-order valence-corrected chi connectivity index (χ0v) is 16.1. The summed E-state index contributed by atoms with van der Waals surface area (Å²) in [7, 11) is 0. The minimum Gasteiger partial charge on any atom is -0.349 e. The number of aromatic amines is 1. The number of fused-ring (bicyclic) bond motifs is 1. The molecule has 2 N–H and O–H groups in total. The molecular formula is C23H23N3O3. The number of hydrogen-bond donors (Lipinski definition) is 2. The third-order valence-electron chi connectivity index (χ3n) is 5.48. The Morgan fingerprint density at radius 3 is 2.45 bits per heavy atom. The van der Waals surface area contributed by atoms with Gasteiger partial charge in [-0.25, -0.2) is 5.10 Å². The predicted octanol–water partition coefficient (Wildman–Crippen LogP) is 2.95. The van der Waals surface area contributed by atoms with E-state index < -0.39 is 0 Å². The molecule has 0 saturated heterocycles. The number of carbonyl (C=O) groups is 2. The highest BCUT2D eigenvalue weighted by molar-refractivity contribution is 5.98. The summed E-state index contributed by atoms with van der Waals surface area (Å²) >= 11 is 0. The van der Waals surface area contributed by atoms with Gasteiger partial charge in [-0.1, -0.05) is 49.2 Å². The molecule has 1 saturated carbocycles. The van der Waals surface area contributed by atoms with Gasteiger partial charge < -0.3 is 5.32 Å². The van der Waals surface area contributed by atoms with Gasteiger partial charge in [0.2, 0.25) is 0 Å². The Morgan fingerprint density at radius 1 is 0.966 bits per heavy atom. The Morgan fingerprint density at radius 2 is 1.66 bits per heavy atom. The number of carbonyl (C=O) groups excluding carboxylic acids is 2. The summed E-state index contributed by atoms with van der Waals surface area (Å²) in [4.78, 5) is 37.4. The summed E-state index contributed by atoms with van der Waals surface area (Å²) in [6.07, 6.45) is 4.55. The summed E-state index contributed by atoms with van der Waals surface area (Å²) in [6, 6.07) is 14.6. The van der Waals surface area contributed by atoms with E-state index in [0.717, 1.165) is 25.7 Å². The van der Waals surface area contributed by atoms with Crippen LogP contribution in [0.25, 0.3) is 10.8 Å². The van der Waals surface area contributed by atoms with Gasteiger partial charge in [0.05, 0.1) is 17.5 Å². The van der Waals surface area contributed by atoms with E-state index in [2.05, 4.69) is 15.5 Å². The van der Waals surface area contributed by atoms with Crippen LogP contribution >= 0.6 is 0 Å². The molecule has 0 aliphatic heterocycles. The highest BCUT2D eigenvalue weighted by atomic mass is 16.2. The first-order valence-electron chi connectivity index (χ1n) is 9.98. The first-order chi connectivity index (χ1) is 14.1. The molecule has 0 radical (unpaired) electrons. The van der Waals surface area contributed by atoms with Crippen LogP contribution in [-0.4, -0.2) is 27.9 Å². The molecule has 4 rings (SSSR count). The number of amides is 1. The second kappa shape index (κ2) is 8.39. The molecule has 148 valence electrons. The highest BCUT2D eigenvalue weighted by Crippen LogP contribution is 2.19. The van der Waals surface area contributed by atoms with Gasteiger partial charge in [0.1, 0.15) is 5.78 Å². The topological polar surface area (TPSA) is 91.9 Å². The molecule has 1 fully saturated rings. The second-order valence-corrected chi connectivity index (χ2v) is 7.55. The average Bonchev–Trinajstić information content (AvgIpc) is 3.24. The number of ketones is 1. The predicted molar refractivity (Wildman–Crippen MR) is 111 cm³/mol. The van der Waals surface area contributed by atoms with Crippen LogP contribution in [0.5, 0.6) is 0 Å². The molecule has 29 heavy (non-hydrogen) atoms. The van der Waals surface area contributed by atoms with Crippen molar-refractivity contribution in [1.82, 2.24) is 15.5 Å². The SMILES string of the molecule is O=C(Cc1ccccc1C(=O)NC1CCCC1)Cc1n[nH]c(=O)c2ccccc12. The van der Waals surface area contributed by atoms with E-state index in [4.69, 9.17) is 0 Å². The number of aromatic nitrogens is 2. The van der Waals surface area contributed by atoms with E-state index in [1.165, 1.54) is 0 Å². The van der Waals surface area contributed by atoms with Crippen molar-refractivity contribution in [3.8, 4) is 0 Å². The Balaban J connectivity index is 1.51. The molecule has 6 heteroatoms. The van der Waals surface area contributed by atoms with Crippen LogP contribution in [0.1, 0.15) is 47.3 Å². The summed E-state index contributed by atoms with van der Waals surface area (Å²) < 4.78 is 0. The van der Waals surface area contributed by atoms with Crippen molar-refractivity contribution in [2.24, 2.45) is 0 Å². The zero-order valence-electron chi connectivity index (χ0n) is 16.1. The largest absolute Gasteiger partial charge is 0.349 e. The minimum absolute atomic E-state index is 0.0594. The normalized spacial score (nSPS) is 14.2. The fraction of sp³-hybridized carbons (Fsp3) is 0.304. The van der Waals surface area contributed by atoms with Crippen molar-refractivity contribution >= 4 is 22.5 Å². The van der Waals surface area contributed by atoms with E-state index in [9.17, 15) is 14.4 Å². The summed E-state index contributed by atoms with van der Waals surface area (Å²) in [5.74, 6) is -0.177. The van der Waals surface area contributed by atoms with Gasteiger partial charge in [-0.3, -0.25) is 14.4 Å². The number of benzene rings is 2. The number of hydrogen-bond acceptors (Lipinski definition) is 4. The molecule has 1 aromatic heterocycles. The molecule has 1 aliphatic carbocycles.